The summed E-state index contributed by atoms with van der Waals surface area (Å²) in [6.45, 7) is 2.56. The molecule has 0 aromatic rings. The molecule has 11 unspecified atom stereocenters. The average molecular weight is 933 g/mol. The number of aliphatic hydroxyl groups is 7. The molecular weight excluding hydrogens is 841 g/mol. The Morgan fingerprint density at radius 3 is 1.40 bits per heavy atom. The number of hydrogen-bond acceptors (Lipinski definition) is 15. The van der Waals surface area contributed by atoms with Crippen LogP contribution in [0, 0.1) is 0 Å². The number of carbonyl (C=O) groups is 2. The van der Waals surface area contributed by atoms with Gasteiger partial charge in [0.15, 0.2) is 18.7 Å². The number of esters is 2. The topological polar surface area (TPSA) is 231 Å². The SMILES string of the molecule is CCCC/C=C\CCCCCCCC(=O)OC(COC(=O)CCCCCCCCCCCCCCCCCCCC)COC1OC(COC2OC(CO)C(O)C(O)C2O)C(O)C(O)C1O. The van der Waals surface area contributed by atoms with Gasteiger partial charge >= 0.3 is 11.9 Å². The van der Waals surface area contributed by atoms with E-state index in [0.29, 0.717) is 12.8 Å². The molecule has 2 saturated heterocycles. The molecule has 15 heteroatoms. The van der Waals surface area contributed by atoms with Gasteiger partial charge in [0.2, 0.25) is 0 Å². The van der Waals surface area contributed by atoms with Gasteiger partial charge in [-0.2, -0.15) is 0 Å². The van der Waals surface area contributed by atoms with E-state index in [9.17, 15) is 45.3 Å². The van der Waals surface area contributed by atoms with Gasteiger partial charge in [0.05, 0.1) is 19.8 Å². The molecule has 0 aromatic heterocycles. The van der Waals surface area contributed by atoms with E-state index in [1.54, 1.807) is 0 Å². The van der Waals surface area contributed by atoms with Crippen molar-refractivity contribution in [3.8, 4) is 0 Å². The Balaban J connectivity index is 1.78. The standard InChI is InChI=1S/C50H92O15/c1-3-5-7-9-11-13-15-16-17-18-19-20-21-23-24-26-28-30-32-41(52)60-35-38(63-42(53)33-31-29-27-25-22-14-12-10-8-6-4-2)36-61-49-48(59)46(57)44(55)40(65-49)37-62-50-47(58)45(56)43(54)39(34-51)64-50/h10,12,38-40,43-51,54-59H,3-9,11,13-37H2,1-2H3/b12-10-. The number of ether oxygens (including phenoxy) is 6. The first kappa shape index (κ1) is 59.4. The van der Waals surface area contributed by atoms with Crippen molar-refractivity contribution in [2.24, 2.45) is 0 Å². The molecule has 11 atom stereocenters. The second-order valence-corrected chi connectivity index (χ2v) is 18.4. The number of unbranched alkanes of at least 4 members (excludes halogenated alkanes) is 24. The summed E-state index contributed by atoms with van der Waals surface area (Å²) >= 11 is 0. The van der Waals surface area contributed by atoms with Crippen molar-refractivity contribution >= 4 is 11.9 Å². The summed E-state index contributed by atoms with van der Waals surface area (Å²) in [6, 6.07) is 0. The second kappa shape index (κ2) is 38.1. The van der Waals surface area contributed by atoms with Crippen molar-refractivity contribution < 1.29 is 73.8 Å². The minimum Gasteiger partial charge on any atom is -0.462 e. The van der Waals surface area contributed by atoms with Crippen LogP contribution in [0.2, 0.25) is 0 Å². The Hall–Kier alpha value is -1.76. The van der Waals surface area contributed by atoms with Gasteiger partial charge in [-0.25, -0.2) is 0 Å². The predicted molar refractivity (Wildman–Crippen MR) is 248 cm³/mol. The maximum Gasteiger partial charge on any atom is 0.306 e. The molecule has 0 bridgehead atoms. The first-order valence-corrected chi connectivity index (χ1v) is 25.8. The van der Waals surface area contributed by atoms with E-state index in [4.69, 9.17) is 28.4 Å². The van der Waals surface area contributed by atoms with Gasteiger partial charge in [-0.3, -0.25) is 9.59 Å². The number of carbonyl (C=O) groups excluding carboxylic acids is 2. The summed E-state index contributed by atoms with van der Waals surface area (Å²) in [4.78, 5) is 25.7. The maximum absolute atomic E-state index is 12.9. The van der Waals surface area contributed by atoms with E-state index >= 15 is 0 Å². The van der Waals surface area contributed by atoms with Gasteiger partial charge < -0.3 is 64.2 Å². The third kappa shape index (κ3) is 26.5. The van der Waals surface area contributed by atoms with Gasteiger partial charge in [0.25, 0.3) is 0 Å². The molecular formula is C50H92O15. The third-order valence-corrected chi connectivity index (χ3v) is 12.5. The van der Waals surface area contributed by atoms with Crippen molar-refractivity contribution in [3.63, 3.8) is 0 Å². The van der Waals surface area contributed by atoms with Crippen molar-refractivity contribution in [2.75, 3.05) is 26.4 Å². The lowest BCUT2D eigenvalue weighted by Gasteiger charge is -2.42. The Morgan fingerprint density at radius 1 is 0.477 bits per heavy atom. The lowest BCUT2D eigenvalue weighted by molar-refractivity contribution is -0.332. The maximum atomic E-state index is 12.9. The van der Waals surface area contributed by atoms with Crippen LogP contribution in [0.5, 0.6) is 0 Å². The van der Waals surface area contributed by atoms with Crippen LogP contribution in [0.15, 0.2) is 12.2 Å². The molecule has 15 nitrogen and oxygen atoms in total. The number of hydrogen-bond donors (Lipinski definition) is 7. The van der Waals surface area contributed by atoms with Crippen molar-refractivity contribution in [1.82, 2.24) is 0 Å². The molecule has 2 fully saturated rings. The van der Waals surface area contributed by atoms with Crippen LogP contribution in [0.25, 0.3) is 0 Å². The number of rotatable bonds is 40. The molecule has 382 valence electrons. The fraction of sp³-hybridized carbons (Fsp3) is 0.920. The van der Waals surface area contributed by atoms with Crippen LogP contribution in [-0.2, 0) is 38.0 Å². The molecule has 0 aromatic carbocycles. The highest BCUT2D eigenvalue weighted by molar-refractivity contribution is 5.70. The zero-order chi connectivity index (χ0) is 47.5. The quantitative estimate of drug-likeness (QED) is 0.0187. The van der Waals surface area contributed by atoms with E-state index in [-0.39, 0.29) is 26.1 Å². The molecule has 0 saturated carbocycles. The number of aliphatic hydroxyl groups excluding tert-OH is 7. The predicted octanol–water partition coefficient (Wildman–Crippen LogP) is 6.99. The van der Waals surface area contributed by atoms with Crippen LogP contribution in [0.1, 0.15) is 200 Å². The minimum absolute atomic E-state index is 0.158. The molecule has 2 aliphatic heterocycles. The monoisotopic (exact) mass is 933 g/mol. The lowest BCUT2D eigenvalue weighted by Crippen LogP contribution is -2.61. The Bertz CT molecular complexity index is 1190. The smallest absolute Gasteiger partial charge is 0.306 e. The molecule has 2 heterocycles. The molecule has 0 radical (unpaired) electrons. The fourth-order valence-corrected chi connectivity index (χ4v) is 8.20. The number of allylic oxidation sites excluding steroid dienone is 2. The van der Waals surface area contributed by atoms with E-state index < -0.39 is 92.7 Å². The fourth-order valence-electron chi connectivity index (χ4n) is 8.20. The highest BCUT2D eigenvalue weighted by Gasteiger charge is 2.47. The van der Waals surface area contributed by atoms with Gasteiger partial charge in [-0.05, 0) is 32.1 Å². The molecule has 0 aliphatic carbocycles. The van der Waals surface area contributed by atoms with Gasteiger partial charge in [0.1, 0.15) is 55.4 Å². The summed E-state index contributed by atoms with van der Waals surface area (Å²) in [7, 11) is 0. The summed E-state index contributed by atoms with van der Waals surface area (Å²) in [5.41, 5.74) is 0. The van der Waals surface area contributed by atoms with Crippen molar-refractivity contribution in [1.29, 1.82) is 0 Å². The molecule has 7 N–H and O–H groups in total. The minimum atomic E-state index is -1.76. The first-order valence-electron chi connectivity index (χ1n) is 25.8. The second-order valence-electron chi connectivity index (χ2n) is 18.4. The lowest BCUT2D eigenvalue weighted by atomic mass is 9.98. The van der Waals surface area contributed by atoms with Crippen LogP contribution in [0.3, 0.4) is 0 Å². The molecule has 2 rings (SSSR count). The van der Waals surface area contributed by atoms with Crippen molar-refractivity contribution in [3.05, 3.63) is 12.2 Å². The van der Waals surface area contributed by atoms with E-state index in [1.165, 1.54) is 103 Å². The van der Waals surface area contributed by atoms with Crippen LogP contribution >= 0.6 is 0 Å². The van der Waals surface area contributed by atoms with Crippen LogP contribution in [0.4, 0.5) is 0 Å². The Morgan fingerprint density at radius 2 is 0.892 bits per heavy atom. The molecule has 0 amide bonds. The zero-order valence-corrected chi connectivity index (χ0v) is 40.2. The molecule has 2 aliphatic rings. The van der Waals surface area contributed by atoms with E-state index in [0.717, 1.165) is 57.8 Å². The summed E-state index contributed by atoms with van der Waals surface area (Å²) in [6.07, 6.45) is 19.6. The zero-order valence-electron chi connectivity index (χ0n) is 40.2. The van der Waals surface area contributed by atoms with Crippen LogP contribution < -0.4 is 0 Å². The van der Waals surface area contributed by atoms with Gasteiger partial charge in [-0.15, -0.1) is 0 Å². The summed E-state index contributed by atoms with van der Waals surface area (Å²) in [5, 5.41) is 72.0. The Labute approximate surface area is 390 Å². The third-order valence-electron chi connectivity index (χ3n) is 12.5. The summed E-state index contributed by atoms with van der Waals surface area (Å²) < 4.78 is 33.5. The normalized spacial score (nSPS) is 26.4. The van der Waals surface area contributed by atoms with Gasteiger partial charge in [-0.1, -0.05) is 167 Å². The molecule has 65 heavy (non-hydrogen) atoms. The van der Waals surface area contributed by atoms with E-state index in [2.05, 4.69) is 26.0 Å². The van der Waals surface area contributed by atoms with E-state index in [1.807, 2.05) is 0 Å². The van der Waals surface area contributed by atoms with Crippen LogP contribution in [-0.4, -0.2) is 142 Å². The van der Waals surface area contributed by atoms with Gasteiger partial charge in [0, 0.05) is 12.8 Å². The average Bonchev–Trinajstić information content (AvgIpc) is 3.30. The highest BCUT2D eigenvalue weighted by Crippen LogP contribution is 2.26. The first-order chi connectivity index (χ1) is 31.5. The highest BCUT2D eigenvalue weighted by atomic mass is 16.7. The van der Waals surface area contributed by atoms with Crippen molar-refractivity contribution in [2.45, 2.75) is 268 Å². The Kier molecular flexibility index (Phi) is 34.8. The molecule has 0 spiro atoms. The summed E-state index contributed by atoms with van der Waals surface area (Å²) in [5.74, 6) is -0.927. The largest absolute Gasteiger partial charge is 0.462 e.